The Hall–Kier alpha value is -0.820. The Morgan fingerprint density at radius 1 is 1.25 bits per heavy atom. The maximum absolute atomic E-state index is 3.91. The van der Waals surface area contributed by atoms with Gasteiger partial charge < -0.3 is 5.32 Å². The van der Waals surface area contributed by atoms with Gasteiger partial charge in [-0.1, -0.05) is 50.6 Å². The van der Waals surface area contributed by atoms with E-state index in [-0.39, 0.29) is 0 Å². The number of aryl methyl sites for hydroxylation is 1. The summed E-state index contributed by atoms with van der Waals surface area (Å²) in [6, 6.07) is 9.61. The van der Waals surface area contributed by atoms with Gasteiger partial charge in [-0.15, -0.1) is 0 Å². The zero-order valence-corrected chi connectivity index (χ0v) is 13.5. The molecule has 1 nitrogen and oxygen atoms in total. The number of hydrogen-bond donors (Lipinski definition) is 1. The van der Waals surface area contributed by atoms with Crippen LogP contribution in [0.3, 0.4) is 0 Å². The molecule has 2 aliphatic rings. The van der Waals surface area contributed by atoms with Crippen LogP contribution in [0.5, 0.6) is 0 Å². The van der Waals surface area contributed by atoms with Crippen LogP contribution in [0.25, 0.3) is 0 Å². The van der Waals surface area contributed by atoms with E-state index in [1.165, 1.54) is 30.4 Å². The van der Waals surface area contributed by atoms with Crippen LogP contribution in [0.4, 0.5) is 0 Å². The predicted octanol–water partition coefficient (Wildman–Crippen LogP) is 4.34. The fraction of sp³-hybridized carbons (Fsp3) is 0.684. The summed E-state index contributed by atoms with van der Waals surface area (Å²) >= 11 is 0. The van der Waals surface area contributed by atoms with Crippen molar-refractivity contribution in [2.24, 2.45) is 16.7 Å². The fourth-order valence-electron chi connectivity index (χ4n) is 5.04. The third-order valence-electron chi connectivity index (χ3n) is 6.11. The van der Waals surface area contributed by atoms with Gasteiger partial charge in [0, 0.05) is 6.04 Å². The average Bonchev–Trinajstić information content (AvgIpc) is 2.85. The van der Waals surface area contributed by atoms with Crippen LogP contribution in [0.2, 0.25) is 0 Å². The van der Waals surface area contributed by atoms with Gasteiger partial charge in [0.15, 0.2) is 0 Å². The largest absolute Gasteiger partial charge is 0.313 e. The first-order valence-corrected chi connectivity index (χ1v) is 8.21. The summed E-state index contributed by atoms with van der Waals surface area (Å²) in [4.78, 5) is 0. The lowest BCUT2D eigenvalue weighted by Gasteiger charge is -2.43. The van der Waals surface area contributed by atoms with Crippen LogP contribution < -0.4 is 5.32 Å². The van der Waals surface area contributed by atoms with E-state index in [1.54, 1.807) is 0 Å². The number of rotatable bonds is 4. The number of nitrogens with one attached hydrogen (secondary N) is 1. The van der Waals surface area contributed by atoms with Crippen molar-refractivity contribution in [2.75, 3.05) is 6.54 Å². The van der Waals surface area contributed by atoms with E-state index in [0.29, 0.717) is 16.9 Å². The van der Waals surface area contributed by atoms with Gasteiger partial charge in [0.25, 0.3) is 0 Å². The number of hydrogen-bond acceptors (Lipinski definition) is 1. The van der Waals surface area contributed by atoms with Crippen molar-refractivity contribution in [3.63, 3.8) is 0 Å². The molecule has 2 fully saturated rings. The molecule has 20 heavy (non-hydrogen) atoms. The minimum atomic E-state index is 0.472. The van der Waals surface area contributed by atoms with Crippen molar-refractivity contribution in [3.8, 4) is 0 Å². The van der Waals surface area contributed by atoms with Crippen LogP contribution >= 0.6 is 0 Å². The SMILES string of the molecule is Cc1cccc(CCNC2C3(C)CCC(C3)C2(C)C)c1. The monoisotopic (exact) mass is 271 g/mol. The normalized spacial score (nSPS) is 34.6. The highest BCUT2D eigenvalue weighted by Crippen LogP contribution is 2.62. The summed E-state index contributed by atoms with van der Waals surface area (Å²) in [5, 5.41) is 3.91. The van der Waals surface area contributed by atoms with E-state index in [9.17, 15) is 0 Å². The zero-order chi connectivity index (χ0) is 14.4. The van der Waals surface area contributed by atoms with Crippen molar-refractivity contribution >= 4 is 0 Å². The molecule has 0 radical (unpaired) electrons. The van der Waals surface area contributed by atoms with Crippen molar-refractivity contribution in [1.82, 2.24) is 5.32 Å². The molecule has 3 unspecified atom stereocenters. The second-order valence-corrected chi connectivity index (χ2v) is 8.04. The second-order valence-electron chi connectivity index (χ2n) is 8.04. The Bertz CT molecular complexity index is 486. The van der Waals surface area contributed by atoms with Gasteiger partial charge in [0.2, 0.25) is 0 Å². The minimum Gasteiger partial charge on any atom is -0.313 e. The van der Waals surface area contributed by atoms with E-state index in [1.807, 2.05) is 0 Å². The molecule has 0 aliphatic heterocycles. The smallest absolute Gasteiger partial charge is 0.0175 e. The van der Waals surface area contributed by atoms with Gasteiger partial charge >= 0.3 is 0 Å². The van der Waals surface area contributed by atoms with Gasteiger partial charge in [0.05, 0.1) is 0 Å². The molecule has 1 aromatic carbocycles. The van der Waals surface area contributed by atoms with E-state index < -0.39 is 0 Å². The molecule has 110 valence electrons. The lowest BCUT2D eigenvalue weighted by molar-refractivity contribution is 0.110. The number of fused-ring (bicyclic) bond motifs is 2. The van der Waals surface area contributed by atoms with Gasteiger partial charge in [-0.05, 0) is 61.5 Å². The standard InChI is InChI=1S/C19H29N/c1-14-6-5-7-15(12-14)9-11-20-17-18(2,3)16-8-10-19(17,4)13-16/h5-7,12,16-17,20H,8-11,13H2,1-4H3. The van der Waals surface area contributed by atoms with Gasteiger partial charge in [-0.25, -0.2) is 0 Å². The van der Waals surface area contributed by atoms with E-state index in [4.69, 9.17) is 0 Å². The molecule has 2 bridgehead atoms. The molecule has 1 heteroatoms. The molecule has 2 saturated carbocycles. The molecular formula is C19H29N. The van der Waals surface area contributed by atoms with Gasteiger partial charge in [-0.2, -0.15) is 0 Å². The van der Waals surface area contributed by atoms with E-state index in [0.717, 1.165) is 18.9 Å². The van der Waals surface area contributed by atoms with Gasteiger partial charge in [0.1, 0.15) is 0 Å². The Kier molecular flexibility index (Phi) is 3.44. The maximum Gasteiger partial charge on any atom is 0.0175 e. The van der Waals surface area contributed by atoms with Crippen molar-refractivity contribution in [1.29, 1.82) is 0 Å². The Morgan fingerprint density at radius 2 is 2.05 bits per heavy atom. The summed E-state index contributed by atoms with van der Waals surface area (Å²) in [6.07, 6.45) is 5.44. The first kappa shape index (κ1) is 14.1. The molecule has 0 heterocycles. The van der Waals surface area contributed by atoms with Crippen molar-refractivity contribution in [3.05, 3.63) is 35.4 Å². The molecule has 3 rings (SSSR count). The van der Waals surface area contributed by atoms with Crippen molar-refractivity contribution in [2.45, 2.75) is 59.4 Å². The lowest BCUT2D eigenvalue weighted by Crippen LogP contribution is -2.50. The molecular weight excluding hydrogens is 242 g/mol. The van der Waals surface area contributed by atoms with Crippen LogP contribution in [-0.4, -0.2) is 12.6 Å². The first-order valence-electron chi connectivity index (χ1n) is 8.21. The quantitative estimate of drug-likeness (QED) is 0.859. The second kappa shape index (κ2) is 4.87. The zero-order valence-electron chi connectivity index (χ0n) is 13.5. The lowest BCUT2D eigenvalue weighted by atomic mass is 9.68. The molecule has 0 aromatic heterocycles. The molecule has 3 atom stereocenters. The number of benzene rings is 1. The fourth-order valence-corrected chi connectivity index (χ4v) is 5.04. The molecule has 2 aliphatic carbocycles. The average molecular weight is 271 g/mol. The summed E-state index contributed by atoms with van der Waals surface area (Å²) in [7, 11) is 0. The Balaban J connectivity index is 1.61. The summed E-state index contributed by atoms with van der Waals surface area (Å²) in [5.41, 5.74) is 3.85. The Morgan fingerprint density at radius 3 is 2.70 bits per heavy atom. The highest BCUT2D eigenvalue weighted by Gasteiger charge is 2.58. The molecule has 0 spiro atoms. The topological polar surface area (TPSA) is 12.0 Å². The summed E-state index contributed by atoms with van der Waals surface area (Å²) in [5.74, 6) is 0.934. The highest BCUT2D eigenvalue weighted by atomic mass is 15.0. The molecule has 1 N–H and O–H groups in total. The summed E-state index contributed by atoms with van der Waals surface area (Å²) in [6.45, 7) is 10.8. The summed E-state index contributed by atoms with van der Waals surface area (Å²) < 4.78 is 0. The predicted molar refractivity (Wildman–Crippen MR) is 85.9 cm³/mol. The molecule has 0 saturated heterocycles. The molecule has 1 aromatic rings. The third kappa shape index (κ3) is 2.30. The van der Waals surface area contributed by atoms with Crippen molar-refractivity contribution < 1.29 is 0 Å². The van der Waals surface area contributed by atoms with Crippen LogP contribution in [-0.2, 0) is 6.42 Å². The van der Waals surface area contributed by atoms with Crippen LogP contribution in [0, 0.1) is 23.7 Å². The van der Waals surface area contributed by atoms with Crippen LogP contribution in [0.1, 0.15) is 51.2 Å². The van der Waals surface area contributed by atoms with Crippen LogP contribution in [0.15, 0.2) is 24.3 Å². The highest BCUT2D eigenvalue weighted by molar-refractivity contribution is 5.22. The van der Waals surface area contributed by atoms with E-state index in [2.05, 4.69) is 57.3 Å². The van der Waals surface area contributed by atoms with E-state index >= 15 is 0 Å². The molecule has 0 amide bonds. The van der Waals surface area contributed by atoms with Gasteiger partial charge in [-0.3, -0.25) is 0 Å². The third-order valence-corrected chi connectivity index (χ3v) is 6.11. The first-order chi connectivity index (χ1) is 9.42. The Labute approximate surface area is 124 Å². The minimum absolute atomic E-state index is 0.472. The maximum atomic E-state index is 3.91.